The van der Waals surface area contributed by atoms with Crippen LogP contribution in [-0.4, -0.2) is 12.5 Å². The smallest absolute Gasteiger partial charge is 0.232 e. The fraction of sp³-hybridized carbons (Fsp3) is 0.500. The van der Waals surface area contributed by atoms with E-state index in [9.17, 15) is 4.79 Å². The van der Waals surface area contributed by atoms with Crippen molar-refractivity contribution in [3.63, 3.8) is 0 Å². The molecule has 2 N–H and O–H groups in total. The zero-order chi connectivity index (χ0) is 13.1. The monoisotopic (exact) mass is 234 g/mol. The number of nitrogens with two attached hydrogens (primary N) is 1. The maximum atomic E-state index is 12.5. The molecular formula is C14H22N2O. The molecule has 0 unspecified atom stereocenters. The van der Waals surface area contributed by atoms with E-state index in [1.165, 1.54) is 0 Å². The number of nitrogen functional groups attached to an aromatic ring is 1. The predicted molar refractivity (Wildman–Crippen MR) is 73.0 cm³/mol. The first-order valence-corrected chi connectivity index (χ1v) is 6.10. The van der Waals surface area contributed by atoms with Crippen LogP contribution in [0.5, 0.6) is 0 Å². The Hall–Kier alpha value is -1.51. The lowest BCUT2D eigenvalue weighted by atomic mass is 9.88. The highest BCUT2D eigenvalue weighted by atomic mass is 16.2. The Balaban J connectivity index is 3.09. The maximum absolute atomic E-state index is 12.5. The predicted octanol–water partition coefficient (Wildman–Crippen LogP) is 3.06. The molecule has 0 atom stereocenters. The molecule has 1 rings (SSSR count). The van der Waals surface area contributed by atoms with Gasteiger partial charge >= 0.3 is 0 Å². The van der Waals surface area contributed by atoms with E-state index in [-0.39, 0.29) is 11.3 Å². The summed E-state index contributed by atoms with van der Waals surface area (Å²) in [6.07, 6.45) is 0.815. The van der Waals surface area contributed by atoms with Crippen LogP contribution in [0.4, 0.5) is 11.4 Å². The van der Waals surface area contributed by atoms with Gasteiger partial charge in [-0.2, -0.15) is 0 Å². The number of amides is 1. The average molecular weight is 234 g/mol. The maximum Gasteiger partial charge on any atom is 0.232 e. The summed E-state index contributed by atoms with van der Waals surface area (Å²) >= 11 is 0. The van der Waals surface area contributed by atoms with E-state index < -0.39 is 0 Å². The van der Waals surface area contributed by atoms with Gasteiger partial charge < -0.3 is 10.6 Å². The van der Waals surface area contributed by atoms with Crippen molar-refractivity contribution < 1.29 is 4.79 Å². The molecule has 0 aliphatic carbocycles. The Bertz CT molecular complexity index is 399. The largest absolute Gasteiger partial charge is 0.397 e. The number of rotatable bonds is 4. The highest BCUT2D eigenvalue weighted by molar-refractivity contribution is 5.99. The van der Waals surface area contributed by atoms with Gasteiger partial charge in [-0.05, 0) is 25.5 Å². The summed E-state index contributed by atoms with van der Waals surface area (Å²) in [6.45, 7) is 8.57. The zero-order valence-electron chi connectivity index (χ0n) is 11.2. The van der Waals surface area contributed by atoms with Gasteiger partial charge in [0, 0.05) is 12.0 Å². The summed E-state index contributed by atoms with van der Waals surface area (Å²) in [5.41, 5.74) is 7.03. The van der Waals surface area contributed by atoms with Crippen LogP contribution >= 0.6 is 0 Å². The fourth-order valence-electron chi connectivity index (χ4n) is 1.67. The van der Waals surface area contributed by atoms with Crippen molar-refractivity contribution in [1.82, 2.24) is 0 Å². The molecule has 17 heavy (non-hydrogen) atoms. The number of carbonyl (C=O) groups excluding carboxylic acids is 1. The van der Waals surface area contributed by atoms with E-state index >= 15 is 0 Å². The van der Waals surface area contributed by atoms with Gasteiger partial charge in [0.05, 0.1) is 11.4 Å². The lowest BCUT2D eigenvalue weighted by Crippen LogP contribution is -2.41. The third-order valence-corrected chi connectivity index (χ3v) is 3.25. The molecule has 1 aromatic rings. The van der Waals surface area contributed by atoms with Gasteiger partial charge in [0.2, 0.25) is 5.91 Å². The molecule has 0 saturated carbocycles. The molecule has 3 heteroatoms. The van der Waals surface area contributed by atoms with Gasteiger partial charge in [0.15, 0.2) is 0 Å². The number of benzene rings is 1. The number of anilines is 2. The van der Waals surface area contributed by atoms with Crippen molar-refractivity contribution in [2.45, 2.75) is 34.1 Å². The Kier molecular flexibility index (Phi) is 4.16. The second-order valence-corrected chi connectivity index (χ2v) is 4.85. The van der Waals surface area contributed by atoms with E-state index in [1.54, 1.807) is 4.90 Å². The second-order valence-electron chi connectivity index (χ2n) is 4.85. The second kappa shape index (κ2) is 5.21. The summed E-state index contributed by atoms with van der Waals surface area (Å²) < 4.78 is 0. The minimum absolute atomic E-state index is 0.125. The van der Waals surface area contributed by atoms with Gasteiger partial charge in [-0.1, -0.05) is 32.9 Å². The number of nitrogens with zero attached hydrogens (tertiary/aromatic N) is 1. The molecule has 0 aromatic heterocycles. The fourth-order valence-corrected chi connectivity index (χ4v) is 1.67. The molecule has 94 valence electrons. The minimum atomic E-state index is -0.349. The van der Waals surface area contributed by atoms with E-state index in [4.69, 9.17) is 5.73 Å². The molecule has 0 heterocycles. The van der Waals surface area contributed by atoms with Gasteiger partial charge in [-0.25, -0.2) is 0 Å². The SMILES string of the molecule is CCN(C(=O)C(C)(C)CC)c1ccccc1N. The molecule has 1 amide bonds. The Morgan fingerprint density at radius 1 is 1.29 bits per heavy atom. The van der Waals surface area contributed by atoms with Crippen molar-refractivity contribution in [1.29, 1.82) is 0 Å². The van der Waals surface area contributed by atoms with Crippen LogP contribution in [0.15, 0.2) is 24.3 Å². The minimum Gasteiger partial charge on any atom is -0.397 e. The molecule has 1 aromatic carbocycles. The van der Waals surface area contributed by atoms with Crippen LogP contribution in [0.25, 0.3) is 0 Å². The lowest BCUT2D eigenvalue weighted by molar-refractivity contribution is -0.126. The molecule has 0 aliphatic heterocycles. The summed E-state index contributed by atoms with van der Waals surface area (Å²) in [7, 11) is 0. The van der Waals surface area contributed by atoms with Crippen LogP contribution in [-0.2, 0) is 4.79 Å². The number of hydrogen-bond acceptors (Lipinski definition) is 2. The summed E-state index contributed by atoms with van der Waals surface area (Å²) in [4.78, 5) is 14.2. The molecule has 0 spiro atoms. The molecule has 0 aliphatic rings. The van der Waals surface area contributed by atoms with Crippen molar-refractivity contribution in [2.75, 3.05) is 17.2 Å². The Morgan fingerprint density at radius 3 is 2.35 bits per heavy atom. The van der Waals surface area contributed by atoms with Gasteiger partial charge in [-0.15, -0.1) is 0 Å². The van der Waals surface area contributed by atoms with Crippen molar-refractivity contribution in [3.8, 4) is 0 Å². The highest BCUT2D eigenvalue weighted by Gasteiger charge is 2.30. The van der Waals surface area contributed by atoms with Crippen molar-refractivity contribution in [3.05, 3.63) is 24.3 Å². The Labute approximate surface area is 104 Å². The van der Waals surface area contributed by atoms with Crippen molar-refractivity contribution >= 4 is 17.3 Å². The van der Waals surface area contributed by atoms with Crippen LogP contribution < -0.4 is 10.6 Å². The Morgan fingerprint density at radius 2 is 1.88 bits per heavy atom. The van der Waals surface area contributed by atoms with Crippen LogP contribution in [0.1, 0.15) is 34.1 Å². The standard InChI is InChI=1S/C14H22N2O/c1-5-14(3,4)13(17)16(6-2)12-10-8-7-9-11(12)15/h7-10H,5-6,15H2,1-4H3. The topological polar surface area (TPSA) is 46.3 Å². The number of carbonyl (C=O) groups is 1. The first-order valence-electron chi connectivity index (χ1n) is 6.10. The van der Waals surface area contributed by atoms with Crippen LogP contribution in [0.2, 0.25) is 0 Å². The third-order valence-electron chi connectivity index (χ3n) is 3.25. The van der Waals surface area contributed by atoms with Gasteiger partial charge in [0.1, 0.15) is 0 Å². The number of hydrogen-bond donors (Lipinski definition) is 1. The normalized spacial score (nSPS) is 11.3. The van der Waals surface area contributed by atoms with E-state index in [2.05, 4.69) is 0 Å². The molecule has 0 radical (unpaired) electrons. The van der Waals surface area contributed by atoms with Crippen molar-refractivity contribution in [2.24, 2.45) is 5.41 Å². The summed E-state index contributed by atoms with van der Waals surface area (Å²) in [6, 6.07) is 7.50. The first kappa shape index (κ1) is 13.6. The summed E-state index contributed by atoms with van der Waals surface area (Å²) in [5, 5.41) is 0. The van der Waals surface area contributed by atoms with E-state index in [0.29, 0.717) is 12.2 Å². The van der Waals surface area contributed by atoms with Gasteiger partial charge in [-0.3, -0.25) is 4.79 Å². The highest BCUT2D eigenvalue weighted by Crippen LogP contribution is 2.29. The zero-order valence-corrected chi connectivity index (χ0v) is 11.2. The quantitative estimate of drug-likeness (QED) is 0.814. The molecular weight excluding hydrogens is 212 g/mol. The molecule has 0 bridgehead atoms. The molecule has 0 fully saturated rings. The summed E-state index contributed by atoms with van der Waals surface area (Å²) in [5.74, 6) is 0.125. The lowest BCUT2D eigenvalue weighted by Gasteiger charge is -2.31. The third kappa shape index (κ3) is 2.78. The van der Waals surface area contributed by atoms with Crippen LogP contribution in [0.3, 0.4) is 0 Å². The molecule has 3 nitrogen and oxygen atoms in total. The van der Waals surface area contributed by atoms with Gasteiger partial charge in [0.25, 0.3) is 0 Å². The molecule has 0 saturated heterocycles. The number of para-hydroxylation sites is 2. The average Bonchev–Trinajstić information content (AvgIpc) is 2.32. The van der Waals surface area contributed by atoms with Crippen LogP contribution in [0, 0.1) is 5.41 Å². The first-order chi connectivity index (χ1) is 7.94. The van der Waals surface area contributed by atoms with E-state index in [1.807, 2.05) is 52.0 Å². The van der Waals surface area contributed by atoms with E-state index in [0.717, 1.165) is 12.1 Å².